The monoisotopic (exact) mass is 442 g/mol. The number of carbonyl (C=O) groups excluding carboxylic acids is 2. The zero-order valence-corrected chi connectivity index (χ0v) is 19.2. The molecule has 32 heavy (non-hydrogen) atoms. The van der Waals surface area contributed by atoms with E-state index in [4.69, 9.17) is 18.9 Å². The highest BCUT2D eigenvalue weighted by molar-refractivity contribution is 6.01. The summed E-state index contributed by atoms with van der Waals surface area (Å²) in [5.41, 5.74) is 0.248. The van der Waals surface area contributed by atoms with Gasteiger partial charge in [0.15, 0.2) is 16.9 Å². The molecular weight excluding hydrogens is 412 g/mol. The molecule has 2 aromatic rings. The molecule has 172 valence electrons. The van der Waals surface area contributed by atoms with E-state index in [9.17, 15) is 14.7 Å². The van der Waals surface area contributed by atoms with Crippen LogP contribution in [0.15, 0.2) is 36.4 Å². The number of ether oxygens (including phenoxy) is 4. The molecule has 0 aromatic heterocycles. The van der Waals surface area contributed by atoms with Gasteiger partial charge in [-0.05, 0) is 55.5 Å². The van der Waals surface area contributed by atoms with Gasteiger partial charge in [0, 0.05) is 5.41 Å². The van der Waals surface area contributed by atoms with E-state index in [0.29, 0.717) is 0 Å². The molecule has 7 heteroatoms. The SMILES string of the molecule is CCOC(=O)C1(C(=O)OCC)Cc2ccccc2C(C)(c2cc(OC)c(O)c(OC)c2)C1. The van der Waals surface area contributed by atoms with Crippen molar-refractivity contribution in [1.29, 1.82) is 0 Å². The van der Waals surface area contributed by atoms with Crippen LogP contribution < -0.4 is 9.47 Å². The van der Waals surface area contributed by atoms with E-state index >= 15 is 0 Å². The predicted molar refractivity (Wildman–Crippen MR) is 118 cm³/mol. The summed E-state index contributed by atoms with van der Waals surface area (Å²) in [7, 11) is 2.91. The standard InChI is InChI=1S/C25H30O7/c1-6-31-22(27)25(23(28)32-7-2)14-16-10-8-9-11-18(16)24(3,15-25)17-12-19(29-4)21(26)20(13-17)30-5/h8-13,26H,6-7,14-15H2,1-5H3. The van der Waals surface area contributed by atoms with Crippen LogP contribution in [0.25, 0.3) is 0 Å². The number of hydrogen-bond donors (Lipinski definition) is 1. The van der Waals surface area contributed by atoms with Crippen molar-refractivity contribution in [2.24, 2.45) is 5.41 Å². The molecule has 0 saturated heterocycles. The minimum atomic E-state index is -1.51. The number of fused-ring (bicyclic) bond motifs is 1. The number of phenols is 1. The van der Waals surface area contributed by atoms with Gasteiger partial charge in [-0.2, -0.15) is 0 Å². The van der Waals surface area contributed by atoms with Gasteiger partial charge < -0.3 is 24.1 Å². The van der Waals surface area contributed by atoms with Gasteiger partial charge in [0.2, 0.25) is 5.75 Å². The third-order valence-electron chi connectivity index (χ3n) is 6.21. The Morgan fingerprint density at radius 2 is 1.50 bits per heavy atom. The van der Waals surface area contributed by atoms with Crippen LogP contribution in [0.3, 0.4) is 0 Å². The van der Waals surface area contributed by atoms with Crippen molar-refractivity contribution >= 4 is 11.9 Å². The van der Waals surface area contributed by atoms with Crippen molar-refractivity contribution in [3.63, 3.8) is 0 Å². The number of phenolic OH excluding ortho intramolecular Hbond substituents is 1. The fourth-order valence-corrected chi connectivity index (χ4v) is 4.68. The van der Waals surface area contributed by atoms with E-state index in [-0.39, 0.29) is 43.3 Å². The van der Waals surface area contributed by atoms with E-state index in [1.165, 1.54) is 14.2 Å². The van der Waals surface area contributed by atoms with Crippen molar-refractivity contribution in [2.75, 3.05) is 27.4 Å². The summed E-state index contributed by atoms with van der Waals surface area (Å²) in [6.07, 6.45) is 0.314. The summed E-state index contributed by atoms with van der Waals surface area (Å²) in [6, 6.07) is 11.1. The van der Waals surface area contributed by atoms with Crippen molar-refractivity contribution < 1.29 is 33.6 Å². The molecule has 0 radical (unpaired) electrons. The number of aromatic hydroxyl groups is 1. The van der Waals surface area contributed by atoms with Crippen LogP contribution in [0, 0.1) is 5.41 Å². The van der Waals surface area contributed by atoms with Gasteiger partial charge >= 0.3 is 11.9 Å². The molecule has 2 aromatic carbocycles. The first-order valence-electron chi connectivity index (χ1n) is 10.7. The third kappa shape index (κ3) is 3.76. The van der Waals surface area contributed by atoms with E-state index in [0.717, 1.165) is 16.7 Å². The second-order valence-electron chi connectivity index (χ2n) is 8.10. The topological polar surface area (TPSA) is 91.3 Å². The molecule has 0 bridgehead atoms. The molecule has 0 amide bonds. The van der Waals surface area contributed by atoms with Crippen LogP contribution in [-0.2, 0) is 30.9 Å². The molecule has 7 nitrogen and oxygen atoms in total. The molecule has 3 rings (SSSR count). The summed E-state index contributed by atoms with van der Waals surface area (Å²) in [5.74, 6) is -0.842. The fourth-order valence-electron chi connectivity index (χ4n) is 4.68. The molecule has 0 fully saturated rings. The van der Waals surface area contributed by atoms with Gasteiger partial charge in [-0.25, -0.2) is 0 Å². The number of benzene rings is 2. The molecule has 0 aliphatic heterocycles. The lowest BCUT2D eigenvalue weighted by Gasteiger charge is -2.45. The Balaban J connectivity index is 2.29. The number of carbonyl (C=O) groups is 2. The summed E-state index contributed by atoms with van der Waals surface area (Å²) >= 11 is 0. The minimum absolute atomic E-state index is 0.117. The average Bonchev–Trinajstić information content (AvgIpc) is 2.79. The maximum absolute atomic E-state index is 13.3. The lowest BCUT2D eigenvalue weighted by Crippen LogP contribution is -2.51. The largest absolute Gasteiger partial charge is 0.502 e. The second-order valence-corrected chi connectivity index (χ2v) is 8.10. The van der Waals surface area contributed by atoms with Gasteiger partial charge in [-0.1, -0.05) is 31.2 Å². The first kappa shape index (κ1) is 23.4. The maximum atomic E-state index is 13.3. The highest BCUT2D eigenvalue weighted by Gasteiger charge is 2.57. The molecule has 1 aliphatic carbocycles. The number of hydrogen-bond acceptors (Lipinski definition) is 7. The molecule has 1 aliphatic rings. The summed E-state index contributed by atoms with van der Waals surface area (Å²) in [5, 5.41) is 10.4. The molecule has 0 saturated carbocycles. The molecule has 1 atom stereocenters. The highest BCUT2D eigenvalue weighted by Crippen LogP contribution is 2.53. The van der Waals surface area contributed by atoms with Gasteiger partial charge in [0.05, 0.1) is 27.4 Å². The van der Waals surface area contributed by atoms with Gasteiger partial charge in [0.1, 0.15) is 0 Å². The van der Waals surface area contributed by atoms with E-state index in [2.05, 4.69) is 0 Å². The Morgan fingerprint density at radius 3 is 2.00 bits per heavy atom. The van der Waals surface area contributed by atoms with Crippen LogP contribution in [0.4, 0.5) is 0 Å². The zero-order valence-electron chi connectivity index (χ0n) is 19.2. The van der Waals surface area contributed by atoms with E-state index in [1.807, 2.05) is 31.2 Å². The first-order valence-corrected chi connectivity index (χ1v) is 10.7. The molecule has 0 spiro atoms. The Bertz CT molecular complexity index is 970. The fraction of sp³-hybridized carbons (Fsp3) is 0.440. The van der Waals surface area contributed by atoms with Crippen LogP contribution >= 0.6 is 0 Å². The Morgan fingerprint density at radius 1 is 0.969 bits per heavy atom. The lowest BCUT2D eigenvalue weighted by molar-refractivity contribution is -0.174. The van der Waals surface area contributed by atoms with Crippen molar-refractivity contribution in [2.45, 2.75) is 39.0 Å². The van der Waals surface area contributed by atoms with Gasteiger partial charge in [-0.3, -0.25) is 9.59 Å². The summed E-state index contributed by atoms with van der Waals surface area (Å²) in [6.45, 7) is 5.69. The van der Waals surface area contributed by atoms with Crippen LogP contribution in [-0.4, -0.2) is 44.5 Å². The molecule has 1 N–H and O–H groups in total. The van der Waals surface area contributed by atoms with Crippen LogP contribution in [0.5, 0.6) is 17.2 Å². The quantitative estimate of drug-likeness (QED) is 0.515. The predicted octanol–water partition coefficient (Wildman–Crippen LogP) is 3.77. The van der Waals surface area contributed by atoms with Crippen molar-refractivity contribution in [3.05, 3.63) is 53.1 Å². The average molecular weight is 443 g/mol. The second kappa shape index (κ2) is 9.10. The molecule has 1 unspecified atom stereocenters. The molecular formula is C25H30O7. The zero-order chi connectivity index (χ0) is 23.5. The first-order chi connectivity index (χ1) is 15.3. The van der Waals surface area contributed by atoms with E-state index in [1.54, 1.807) is 26.0 Å². The highest BCUT2D eigenvalue weighted by atomic mass is 16.6. The Labute approximate surface area is 188 Å². The third-order valence-corrected chi connectivity index (χ3v) is 6.21. The normalized spacial score (nSPS) is 18.9. The number of methoxy groups -OCH3 is 2. The van der Waals surface area contributed by atoms with Gasteiger partial charge in [-0.15, -0.1) is 0 Å². The lowest BCUT2D eigenvalue weighted by atomic mass is 9.58. The van der Waals surface area contributed by atoms with Crippen LogP contribution in [0.2, 0.25) is 0 Å². The Kier molecular flexibility index (Phi) is 6.67. The van der Waals surface area contributed by atoms with Crippen LogP contribution in [0.1, 0.15) is 43.9 Å². The number of rotatable bonds is 7. The number of esters is 2. The minimum Gasteiger partial charge on any atom is -0.502 e. The van der Waals surface area contributed by atoms with Crippen molar-refractivity contribution in [1.82, 2.24) is 0 Å². The summed E-state index contributed by atoms with van der Waals surface area (Å²) < 4.78 is 21.5. The smallest absolute Gasteiger partial charge is 0.323 e. The van der Waals surface area contributed by atoms with E-state index < -0.39 is 22.8 Å². The van der Waals surface area contributed by atoms with Crippen molar-refractivity contribution in [3.8, 4) is 17.2 Å². The Hall–Kier alpha value is -3.22. The molecule has 0 heterocycles. The maximum Gasteiger partial charge on any atom is 0.323 e. The van der Waals surface area contributed by atoms with Gasteiger partial charge in [0.25, 0.3) is 0 Å². The summed E-state index contributed by atoms with van der Waals surface area (Å²) in [4.78, 5) is 26.5.